The molecule has 24 heavy (non-hydrogen) atoms. The highest BCUT2D eigenvalue weighted by atomic mass is 79.9. The Kier molecular flexibility index (Phi) is 5.32. The van der Waals surface area contributed by atoms with Gasteiger partial charge in [0.15, 0.2) is 5.13 Å². The zero-order valence-electron chi connectivity index (χ0n) is 12.3. The molecule has 9 heteroatoms. The number of imide groups is 1. The molecule has 2 aromatic rings. The zero-order chi connectivity index (χ0) is 17.1. The number of carbonyl (C=O) groups is 3. The maximum absolute atomic E-state index is 12.0. The molecule has 124 valence electrons. The number of thiazole rings is 1. The van der Waals surface area contributed by atoms with Gasteiger partial charge in [-0.1, -0.05) is 39.8 Å². The summed E-state index contributed by atoms with van der Waals surface area (Å²) in [6, 6.07) is 7.98. The molecule has 1 N–H and O–H groups in total. The van der Waals surface area contributed by atoms with Crippen molar-refractivity contribution in [1.82, 2.24) is 9.88 Å². The number of hydrogen-bond donors (Lipinski definition) is 1. The van der Waals surface area contributed by atoms with Gasteiger partial charge in [-0.3, -0.25) is 19.3 Å². The molecule has 1 aromatic carbocycles. The van der Waals surface area contributed by atoms with Crippen molar-refractivity contribution >= 4 is 61.2 Å². The van der Waals surface area contributed by atoms with E-state index >= 15 is 0 Å². The summed E-state index contributed by atoms with van der Waals surface area (Å²) in [7, 11) is 0. The molecule has 1 saturated heterocycles. The lowest BCUT2D eigenvalue weighted by Crippen LogP contribution is -2.36. The first-order valence-corrected chi connectivity index (χ1v) is 9.57. The van der Waals surface area contributed by atoms with E-state index in [1.165, 1.54) is 11.3 Å². The number of hydrogen-bond acceptors (Lipinski definition) is 6. The van der Waals surface area contributed by atoms with Gasteiger partial charge < -0.3 is 5.32 Å². The van der Waals surface area contributed by atoms with Crippen LogP contribution in [0.4, 0.5) is 9.93 Å². The first-order chi connectivity index (χ1) is 11.5. The molecule has 0 spiro atoms. The van der Waals surface area contributed by atoms with Crippen molar-refractivity contribution in [2.75, 3.05) is 17.6 Å². The standard InChI is InChI=1S/C15H12BrN3O3S2/c16-10-3-1-9(2-4-10)5-11-6-17-14(24-11)18-12(20)7-19-13(21)8-23-15(19)22/h1-4,6H,5,7-8H2,(H,17,18,20). The molecule has 2 heterocycles. The van der Waals surface area contributed by atoms with Crippen LogP contribution in [0, 0.1) is 0 Å². The highest BCUT2D eigenvalue weighted by Crippen LogP contribution is 2.23. The lowest BCUT2D eigenvalue weighted by Gasteiger charge is -2.11. The number of anilines is 1. The van der Waals surface area contributed by atoms with Crippen molar-refractivity contribution < 1.29 is 14.4 Å². The second-order valence-electron chi connectivity index (χ2n) is 5.02. The average Bonchev–Trinajstić information content (AvgIpc) is 3.11. The second kappa shape index (κ2) is 7.45. The number of nitrogens with zero attached hydrogens (tertiary/aromatic N) is 2. The van der Waals surface area contributed by atoms with E-state index in [-0.39, 0.29) is 23.4 Å². The monoisotopic (exact) mass is 425 g/mol. The fourth-order valence-corrected chi connectivity index (χ4v) is 3.94. The van der Waals surface area contributed by atoms with Crippen molar-refractivity contribution in [2.45, 2.75) is 6.42 Å². The first kappa shape index (κ1) is 17.1. The van der Waals surface area contributed by atoms with E-state index in [0.29, 0.717) is 5.13 Å². The lowest BCUT2D eigenvalue weighted by molar-refractivity contribution is -0.128. The predicted molar refractivity (Wildman–Crippen MR) is 97.3 cm³/mol. The number of rotatable bonds is 5. The van der Waals surface area contributed by atoms with Gasteiger partial charge in [0.1, 0.15) is 6.54 Å². The normalized spacial score (nSPS) is 14.3. The molecule has 3 amide bonds. The Balaban J connectivity index is 1.57. The van der Waals surface area contributed by atoms with Crippen LogP contribution in [0.15, 0.2) is 34.9 Å². The van der Waals surface area contributed by atoms with Gasteiger partial charge in [0.25, 0.3) is 5.24 Å². The zero-order valence-corrected chi connectivity index (χ0v) is 15.5. The van der Waals surface area contributed by atoms with E-state index in [1.54, 1.807) is 6.20 Å². The fourth-order valence-electron chi connectivity index (χ4n) is 2.09. The minimum absolute atomic E-state index is 0.0979. The predicted octanol–water partition coefficient (Wildman–Crippen LogP) is 3.13. The molecule has 1 aromatic heterocycles. The number of halogens is 1. The van der Waals surface area contributed by atoms with Crippen LogP contribution < -0.4 is 5.32 Å². The number of amides is 3. The SMILES string of the molecule is O=C(CN1C(=O)CSC1=O)Nc1ncc(Cc2ccc(Br)cc2)s1. The van der Waals surface area contributed by atoms with Crippen molar-refractivity contribution in [3.63, 3.8) is 0 Å². The van der Waals surface area contributed by atoms with Crippen molar-refractivity contribution in [1.29, 1.82) is 0 Å². The van der Waals surface area contributed by atoms with Crippen LogP contribution in [0.1, 0.15) is 10.4 Å². The van der Waals surface area contributed by atoms with Crippen LogP contribution in [-0.4, -0.2) is 39.2 Å². The van der Waals surface area contributed by atoms with E-state index in [4.69, 9.17) is 0 Å². The first-order valence-electron chi connectivity index (χ1n) is 6.97. The smallest absolute Gasteiger partial charge is 0.289 e. The lowest BCUT2D eigenvalue weighted by atomic mass is 10.1. The number of benzene rings is 1. The fraction of sp³-hybridized carbons (Fsp3) is 0.200. The molecule has 0 atom stereocenters. The third kappa shape index (κ3) is 4.22. The average molecular weight is 426 g/mol. The Morgan fingerprint density at radius 2 is 2.04 bits per heavy atom. The summed E-state index contributed by atoms with van der Waals surface area (Å²) in [5.74, 6) is -0.667. The molecular formula is C15H12BrN3O3S2. The molecule has 0 aliphatic carbocycles. The van der Waals surface area contributed by atoms with E-state index < -0.39 is 5.91 Å². The molecule has 0 radical (unpaired) electrons. The van der Waals surface area contributed by atoms with Gasteiger partial charge >= 0.3 is 0 Å². The summed E-state index contributed by atoms with van der Waals surface area (Å²) in [6.45, 7) is -0.272. The number of aromatic nitrogens is 1. The van der Waals surface area contributed by atoms with Gasteiger partial charge in [-0.05, 0) is 17.7 Å². The van der Waals surface area contributed by atoms with E-state index in [0.717, 1.165) is 38.0 Å². The van der Waals surface area contributed by atoms with Gasteiger partial charge in [-0.25, -0.2) is 4.98 Å². The summed E-state index contributed by atoms with van der Waals surface area (Å²) in [6.07, 6.45) is 2.44. The molecule has 3 rings (SSSR count). The summed E-state index contributed by atoms with van der Waals surface area (Å²) in [5, 5.41) is 2.70. The highest BCUT2D eigenvalue weighted by molar-refractivity contribution is 9.10. The largest absolute Gasteiger partial charge is 0.300 e. The summed E-state index contributed by atoms with van der Waals surface area (Å²) >= 11 is 5.68. The summed E-state index contributed by atoms with van der Waals surface area (Å²) in [4.78, 5) is 41.1. The maximum Gasteiger partial charge on any atom is 0.289 e. The quantitative estimate of drug-likeness (QED) is 0.795. The van der Waals surface area contributed by atoms with E-state index in [2.05, 4.69) is 26.2 Å². The Morgan fingerprint density at radius 1 is 1.29 bits per heavy atom. The van der Waals surface area contributed by atoms with Crippen LogP contribution in [0.2, 0.25) is 0 Å². The van der Waals surface area contributed by atoms with Crippen LogP contribution in [0.3, 0.4) is 0 Å². The molecule has 1 aliphatic rings. The van der Waals surface area contributed by atoms with Crippen molar-refractivity contribution in [3.8, 4) is 0 Å². The van der Waals surface area contributed by atoms with Crippen molar-refractivity contribution in [2.24, 2.45) is 0 Å². The Bertz CT molecular complexity index is 776. The van der Waals surface area contributed by atoms with Gasteiger partial charge in [-0.2, -0.15) is 0 Å². The number of thioether (sulfide) groups is 1. The van der Waals surface area contributed by atoms with Gasteiger partial charge in [0.2, 0.25) is 11.8 Å². The molecular weight excluding hydrogens is 414 g/mol. The Labute approximate surface area is 154 Å². The van der Waals surface area contributed by atoms with Crippen LogP contribution >= 0.6 is 39.0 Å². The third-order valence-corrected chi connectivity index (χ3v) is 5.53. The molecule has 0 unspecified atom stereocenters. The molecule has 1 fully saturated rings. The van der Waals surface area contributed by atoms with Gasteiger partial charge in [0, 0.05) is 22.0 Å². The molecule has 0 saturated carbocycles. The number of nitrogens with one attached hydrogen (secondary N) is 1. The molecule has 0 bridgehead atoms. The Morgan fingerprint density at radius 3 is 2.71 bits per heavy atom. The minimum atomic E-state index is -0.427. The van der Waals surface area contributed by atoms with E-state index in [1.807, 2.05) is 24.3 Å². The van der Waals surface area contributed by atoms with Crippen LogP contribution in [0.5, 0.6) is 0 Å². The van der Waals surface area contributed by atoms with E-state index in [9.17, 15) is 14.4 Å². The highest BCUT2D eigenvalue weighted by Gasteiger charge is 2.31. The molecule has 6 nitrogen and oxygen atoms in total. The third-order valence-electron chi connectivity index (χ3n) is 3.23. The van der Waals surface area contributed by atoms with Gasteiger partial charge in [0.05, 0.1) is 5.75 Å². The molecule has 1 aliphatic heterocycles. The summed E-state index contributed by atoms with van der Waals surface area (Å²) in [5.41, 5.74) is 1.14. The van der Waals surface area contributed by atoms with Crippen molar-refractivity contribution in [3.05, 3.63) is 45.4 Å². The number of carbonyl (C=O) groups excluding carboxylic acids is 3. The minimum Gasteiger partial charge on any atom is -0.300 e. The van der Waals surface area contributed by atoms with Gasteiger partial charge in [-0.15, -0.1) is 11.3 Å². The topological polar surface area (TPSA) is 79.4 Å². The second-order valence-corrected chi connectivity index (χ2v) is 7.98. The maximum atomic E-state index is 12.0. The van der Waals surface area contributed by atoms with Crippen LogP contribution in [-0.2, 0) is 16.0 Å². The Hall–Kier alpha value is -1.71. The van der Waals surface area contributed by atoms with Crippen LogP contribution in [0.25, 0.3) is 0 Å². The summed E-state index contributed by atoms with van der Waals surface area (Å²) < 4.78 is 1.02.